The highest BCUT2D eigenvalue weighted by atomic mass is 35.5. The lowest BCUT2D eigenvalue weighted by molar-refractivity contribution is -0.139. The van der Waals surface area contributed by atoms with Crippen molar-refractivity contribution in [3.63, 3.8) is 0 Å². The van der Waals surface area contributed by atoms with Gasteiger partial charge in [-0.25, -0.2) is 9.07 Å². The first-order valence-electron chi connectivity index (χ1n) is 27.3. The van der Waals surface area contributed by atoms with Crippen molar-refractivity contribution in [2.24, 2.45) is 5.92 Å². The third-order valence-corrected chi connectivity index (χ3v) is 16.0. The zero-order valence-electron chi connectivity index (χ0n) is 46.2. The number of H-pyrrole nitrogens is 1. The molecule has 2 bridgehead atoms. The fraction of sp³-hybridized carbons (Fsp3) is 0.383. The van der Waals surface area contributed by atoms with E-state index in [9.17, 15) is 14.7 Å². The molecule has 3 fully saturated rings. The minimum Gasteiger partial charge on any atom is -0.486 e. The third kappa shape index (κ3) is 11.7. The second-order valence-corrected chi connectivity index (χ2v) is 21.7. The van der Waals surface area contributed by atoms with Crippen LogP contribution in [-0.4, -0.2) is 129 Å². The van der Waals surface area contributed by atoms with E-state index >= 15 is 17.6 Å². The summed E-state index contributed by atoms with van der Waals surface area (Å²) in [7, 11) is 3.37. The molecule has 0 spiro atoms. The molecule has 3 aliphatic rings. The molecule has 1 amide bonds. The molecule has 82 heavy (non-hydrogen) atoms. The van der Waals surface area contributed by atoms with E-state index in [1.54, 1.807) is 42.3 Å². The number of amides is 1. The van der Waals surface area contributed by atoms with Gasteiger partial charge < -0.3 is 44.5 Å². The van der Waals surface area contributed by atoms with Crippen molar-refractivity contribution >= 4 is 51.4 Å². The number of aromatic nitrogens is 7. The molecule has 3 aliphatic heterocycles. The van der Waals surface area contributed by atoms with Crippen LogP contribution in [0.15, 0.2) is 97.3 Å². The smallest absolute Gasteiger partial charge is 0.417 e. The fourth-order valence-corrected chi connectivity index (χ4v) is 11.4. The van der Waals surface area contributed by atoms with Crippen LogP contribution in [0.3, 0.4) is 0 Å². The summed E-state index contributed by atoms with van der Waals surface area (Å²) in [5, 5.41) is 32.3. The molecule has 0 saturated carbocycles. The number of likely N-dealkylation sites (tertiary alicyclic amines) is 1. The van der Waals surface area contributed by atoms with Crippen molar-refractivity contribution in [1.29, 1.82) is 0 Å². The standard InChI is InChI=1S/C45H48F4N10O5.C15H16ClNO/c1-23(2)40(43(61)57-12-6-7-29(57)20-60)59-19-36(55-56-59)27-10-8-26(9-11-27)22-63-41-38(37-25(4)34(46)15-35-32(37)17-51-54-35)33(45(47,48)49)14-31-39(41)52-44(64-21-24(3)62-5)53-42(31)58-18-28-13-30(58)16-50-28;1-17-15(10-18)12-8-6-11(7-9-12)13-4-2-3-5-14(13)16/h8-11,14-15,17,19-20,23-24,28-30,40,50H,6-7,12-13,16,18,21-22H2,1-5H3,(H,51,54);2-9,15,17-18H,10H2,1H3/t24-,28?,29?,30?,40?;/m0./s1. The number of aliphatic hydroxyl groups excluding tert-OH is 1. The zero-order chi connectivity index (χ0) is 58.0. The highest BCUT2D eigenvalue weighted by Crippen LogP contribution is 2.51. The summed E-state index contributed by atoms with van der Waals surface area (Å²) in [4.78, 5) is 38.4. The number of piperazine rings is 1. The number of likely N-dealkylation sites (N-methyl/N-ethyl adjacent to an activating group) is 1. The molecular formula is C60H64ClF4N11O6. The van der Waals surface area contributed by atoms with Crippen molar-refractivity contribution in [3.05, 3.63) is 130 Å². The highest BCUT2D eigenvalue weighted by Gasteiger charge is 2.43. The average molecular weight is 1150 g/mol. The number of hydrogen-bond acceptors (Lipinski definition) is 14. The molecule has 17 nitrogen and oxygen atoms in total. The van der Waals surface area contributed by atoms with Crippen molar-refractivity contribution in [1.82, 2.24) is 50.7 Å². The van der Waals surface area contributed by atoms with Gasteiger partial charge in [0.2, 0.25) is 5.91 Å². The molecule has 6 heterocycles. The second kappa shape index (κ2) is 24.5. The van der Waals surface area contributed by atoms with E-state index in [0.29, 0.717) is 42.9 Å². The highest BCUT2D eigenvalue weighted by molar-refractivity contribution is 6.33. The van der Waals surface area contributed by atoms with Gasteiger partial charge >= 0.3 is 12.2 Å². The Balaban J connectivity index is 0.000000355. The third-order valence-electron chi connectivity index (χ3n) is 15.7. The van der Waals surface area contributed by atoms with Crippen LogP contribution in [0.25, 0.3) is 55.3 Å². The van der Waals surface area contributed by atoms with Crippen LogP contribution in [0.2, 0.25) is 5.02 Å². The first-order valence-corrected chi connectivity index (χ1v) is 27.6. The van der Waals surface area contributed by atoms with Crippen LogP contribution in [0, 0.1) is 18.7 Å². The molecule has 3 saturated heterocycles. The number of ether oxygens (including phenoxy) is 3. The quantitative estimate of drug-likeness (QED) is 0.0468. The summed E-state index contributed by atoms with van der Waals surface area (Å²) in [6, 6.07) is 24.0. The number of alkyl halides is 3. The number of aliphatic hydroxyl groups is 1. The van der Waals surface area contributed by atoms with Crippen molar-refractivity contribution in [3.8, 4) is 45.3 Å². The van der Waals surface area contributed by atoms with Crippen LogP contribution in [0.5, 0.6) is 11.8 Å². The van der Waals surface area contributed by atoms with E-state index in [-0.39, 0.29) is 106 Å². The first kappa shape index (κ1) is 57.7. The average Bonchev–Trinajstić information content (AvgIpc) is 2.19. The van der Waals surface area contributed by atoms with E-state index < -0.39 is 35.2 Å². The van der Waals surface area contributed by atoms with Gasteiger partial charge in [-0.3, -0.25) is 9.89 Å². The number of aldehydes is 1. The van der Waals surface area contributed by atoms with E-state index in [1.165, 1.54) is 31.0 Å². The number of hydrogen-bond donors (Lipinski definition) is 4. The molecule has 11 rings (SSSR count). The number of aromatic amines is 1. The Kier molecular flexibility index (Phi) is 17.2. The summed E-state index contributed by atoms with van der Waals surface area (Å²) in [6.07, 6.45) is 0.742. The molecule has 3 aromatic heterocycles. The Labute approximate surface area is 476 Å². The molecule has 22 heteroatoms. The van der Waals surface area contributed by atoms with Gasteiger partial charge in [0.1, 0.15) is 48.4 Å². The molecule has 5 unspecified atom stereocenters. The molecular weight excluding hydrogens is 1080 g/mol. The number of rotatable bonds is 18. The van der Waals surface area contributed by atoms with Gasteiger partial charge in [-0.15, -0.1) is 5.10 Å². The number of carbonyl (C=O) groups is 2. The molecule has 6 atom stereocenters. The van der Waals surface area contributed by atoms with Crippen LogP contribution >= 0.6 is 11.6 Å². The number of methoxy groups -OCH3 is 1. The summed E-state index contributed by atoms with van der Waals surface area (Å²) < 4.78 is 82.3. The van der Waals surface area contributed by atoms with Gasteiger partial charge in [-0.05, 0) is 86.5 Å². The van der Waals surface area contributed by atoms with Crippen LogP contribution in [0.4, 0.5) is 23.4 Å². The Bertz CT molecular complexity index is 3580. The maximum Gasteiger partial charge on any atom is 0.417 e. The summed E-state index contributed by atoms with van der Waals surface area (Å²) in [5.74, 6) is -1.03. The van der Waals surface area contributed by atoms with Crippen molar-refractivity contribution in [2.75, 3.05) is 51.9 Å². The van der Waals surface area contributed by atoms with Crippen LogP contribution < -0.4 is 25.0 Å². The number of halogens is 5. The fourth-order valence-electron chi connectivity index (χ4n) is 11.2. The summed E-state index contributed by atoms with van der Waals surface area (Å²) >= 11 is 6.16. The number of nitrogens with zero attached hydrogens (tertiary/aromatic N) is 8. The normalized spacial score (nSPS) is 18.0. The van der Waals surface area contributed by atoms with Gasteiger partial charge in [0.25, 0.3) is 0 Å². The van der Waals surface area contributed by atoms with Gasteiger partial charge in [0.15, 0.2) is 5.75 Å². The summed E-state index contributed by atoms with van der Waals surface area (Å²) in [5.41, 5.74) is 3.64. The van der Waals surface area contributed by atoms with Gasteiger partial charge in [0, 0.05) is 76.9 Å². The number of anilines is 1. The topological polar surface area (TPSA) is 198 Å². The molecule has 4 N–H and O–H groups in total. The Morgan fingerprint density at radius 2 is 1.74 bits per heavy atom. The Hall–Kier alpha value is -7.56. The number of nitrogens with one attached hydrogen (secondary N) is 3. The minimum atomic E-state index is -4.94. The summed E-state index contributed by atoms with van der Waals surface area (Å²) in [6.45, 7) is 8.61. The predicted octanol–water partition coefficient (Wildman–Crippen LogP) is 10.1. The molecule has 0 aliphatic carbocycles. The monoisotopic (exact) mass is 1150 g/mol. The lowest BCUT2D eigenvalue weighted by atomic mass is 9.90. The molecule has 8 aromatic rings. The molecule has 5 aromatic carbocycles. The lowest BCUT2D eigenvalue weighted by Gasteiger charge is -2.30. The van der Waals surface area contributed by atoms with E-state index in [4.69, 9.17) is 35.8 Å². The van der Waals surface area contributed by atoms with E-state index in [1.807, 2.05) is 74.3 Å². The maximum absolute atomic E-state index is 15.7. The van der Waals surface area contributed by atoms with E-state index in [2.05, 4.69) is 31.1 Å². The van der Waals surface area contributed by atoms with E-state index in [0.717, 1.165) is 46.9 Å². The SMILES string of the molecule is CNC(CO)c1ccc(-c2ccccc2Cl)cc1.CO[C@@H](C)COc1nc(N2CC3CC2CN3)c2cc(C(F)(F)F)c(-c3c(C)c(F)cc4[nH]ncc34)c(OCc3ccc(-c4cn(C(C(=O)N5CCCC5C=O)C(C)C)nn4)cc3)c2n1. The van der Waals surface area contributed by atoms with Crippen molar-refractivity contribution in [2.45, 2.75) is 96.1 Å². The maximum atomic E-state index is 15.7. The lowest BCUT2D eigenvalue weighted by Crippen LogP contribution is -2.44. The first-order chi connectivity index (χ1) is 39.5. The Morgan fingerprint density at radius 1 is 0.988 bits per heavy atom. The molecule has 0 radical (unpaired) electrons. The van der Waals surface area contributed by atoms with Crippen LogP contribution in [-0.2, 0) is 27.1 Å². The van der Waals surface area contributed by atoms with Gasteiger partial charge in [0.05, 0.1) is 48.3 Å². The van der Waals surface area contributed by atoms with Crippen molar-refractivity contribution < 1.29 is 46.5 Å². The van der Waals surface area contributed by atoms with Crippen LogP contribution in [0.1, 0.15) is 74.4 Å². The van der Waals surface area contributed by atoms with Gasteiger partial charge in [-0.2, -0.15) is 28.2 Å². The number of fused-ring (bicyclic) bond motifs is 4. The minimum absolute atomic E-state index is 0.0229. The number of benzene rings is 5. The zero-order valence-corrected chi connectivity index (χ0v) is 46.9. The molecule has 430 valence electrons. The predicted molar refractivity (Wildman–Crippen MR) is 304 cm³/mol. The Morgan fingerprint density at radius 3 is 2.40 bits per heavy atom. The van der Waals surface area contributed by atoms with Gasteiger partial charge in [-0.1, -0.05) is 97.4 Å². The second-order valence-electron chi connectivity index (χ2n) is 21.3. The number of carbonyl (C=O) groups excluding carboxylic acids is 2. The largest absolute Gasteiger partial charge is 0.486 e.